The molecule has 0 unspecified atom stereocenters. The molecule has 2 aliphatic carbocycles. The van der Waals surface area contributed by atoms with Crippen molar-refractivity contribution in [1.82, 2.24) is 0 Å². The number of Topliss-reactive ketones (excluding diaryl/α,β-unsaturated/α-hetero) is 1. The second-order valence-corrected chi connectivity index (χ2v) is 4.90. The molecule has 1 aromatic rings. The molecule has 1 spiro atoms. The van der Waals surface area contributed by atoms with Gasteiger partial charge in [0.15, 0.2) is 0 Å². The number of hydrogen-bond acceptors (Lipinski definition) is 1. The zero-order valence-electron chi connectivity index (χ0n) is 7.14. The Kier molecular flexibility index (Phi) is 1.33. The van der Waals surface area contributed by atoms with Crippen molar-refractivity contribution in [3.05, 3.63) is 33.8 Å². The molecular weight excluding hydrogens is 228 g/mol. The van der Waals surface area contributed by atoms with E-state index in [-0.39, 0.29) is 5.41 Å². The summed E-state index contributed by atoms with van der Waals surface area (Å²) in [5.74, 6) is 0.431. The van der Waals surface area contributed by atoms with Gasteiger partial charge < -0.3 is 0 Å². The standard InChI is InChI=1S/C11H9BrO/c12-8-2-1-7-5-10(13)11(3-4-11)9(7)6-8/h1-2,6H,3-5H2. The summed E-state index contributed by atoms with van der Waals surface area (Å²) in [7, 11) is 0. The van der Waals surface area contributed by atoms with E-state index < -0.39 is 0 Å². The summed E-state index contributed by atoms with van der Waals surface area (Å²) in [6, 6.07) is 6.21. The summed E-state index contributed by atoms with van der Waals surface area (Å²) >= 11 is 3.45. The van der Waals surface area contributed by atoms with E-state index in [9.17, 15) is 4.79 Å². The molecule has 0 saturated heterocycles. The van der Waals surface area contributed by atoms with Crippen LogP contribution in [0.3, 0.4) is 0 Å². The lowest BCUT2D eigenvalue weighted by Crippen LogP contribution is -2.13. The number of halogens is 1. The highest BCUT2D eigenvalue weighted by Crippen LogP contribution is 2.54. The normalized spacial score (nSPS) is 22.1. The Morgan fingerprint density at radius 2 is 2.08 bits per heavy atom. The molecule has 3 rings (SSSR count). The zero-order valence-corrected chi connectivity index (χ0v) is 8.73. The number of ketones is 1. The van der Waals surface area contributed by atoms with Crippen LogP contribution in [0.4, 0.5) is 0 Å². The van der Waals surface area contributed by atoms with Gasteiger partial charge in [0, 0.05) is 10.9 Å². The summed E-state index contributed by atoms with van der Waals surface area (Å²) in [6.45, 7) is 0. The molecule has 1 saturated carbocycles. The summed E-state index contributed by atoms with van der Waals surface area (Å²) in [6.07, 6.45) is 2.78. The highest BCUT2D eigenvalue weighted by molar-refractivity contribution is 9.10. The Bertz CT molecular complexity index is 405. The van der Waals surface area contributed by atoms with Crippen LogP contribution in [0.15, 0.2) is 22.7 Å². The molecule has 0 bridgehead atoms. The van der Waals surface area contributed by atoms with E-state index in [0.29, 0.717) is 12.2 Å². The van der Waals surface area contributed by atoms with Gasteiger partial charge in [0.2, 0.25) is 0 Å². The van der Waals surface area contributed by atoms with Gasteiger partial charge in [-0.25, -0.2) is 0 Å². The van der Waals surface area contributed by atoms with E-state index in [2.05, 4.69) is 28.1 Å². The molecule has 0 heterocycles. The van der Waals surface area contributed by atoms with E-state index in [1.165, 1.54) is 11.1 Å². The second-order valence-electron chi connectivity index (χ2n) is 3.98. The van der Waals surface area contributed by atoms with Crippen molar-refractivity contribution in [2.75, 3.05) is 0 Å². The van der Waals surface area contributed by atoms with Gasteiger partial charge in [-0.2, -0.15) is 0 Å². The van der Waals surface area contributed by atoms with E-state index >= 15 is 0 Å². The van der Waals surface area contributed by atoms with Crippen molar-refractivity contribution in [3.63, 3.8) is 0 Å². The van der Waals surface area contributed by atoms with E-state index in [0.717, 1.165) is 17.3 Å². The van der Waals surface area contributed by atoms with Gasteiger partial charge in [0.25, 0.3) is 0 Å². The molecule has 66 valence electrons. The molecule has 1 fully saturated rings. The maximum absolute atomic E-state index is 11.7. The molecular formula is C11H9BrO. The van der Waals surface area contributed by atoms with Gasteiger partial charge in [-0.3, -0.25) is 4.79 Å². The monoisotopic (exact) mass is 236 g/mol. The van der Waals surface area contributed by atoms with Crippen molar-refractivity contribution in [2.45, 2.75) is 24.7 Å². The molecule has 1 nitrogen and oxygen atoms in total. The topological polar surface area (TPSA) is 17.1 Å². The molecule has 0 aromatic heterocycles. The lowest BCUT2D eigenvalue weighted by Gasteiger charge is -2.05. The highest BCUT2D eigenvalue weighted by atomic mass is 79.9. The lowest BCUT2D eigenvalue weighted by atomic mass is 9.98. The molecule has 0 aliphatic heterocycles. The summed E-state index contributed by atoms with van der Waals surface area (Å²) in [5.41, 5.74) is 2.48. The first-order valence-electron chi connectivity index (χ1n) is 4.55. The third kappa shape index (κ3) is 0.896. The summed E-state index contributed by atoms with van der Waals surface area (Å²) in [5, 5.41) is 0. The first kappa shape index (κ1) is 7.74. The minimum Gasteiger partial charge on any atom is -0.298 e. The Morgan fingerprint density at radius 1 is 1.31 bits per heavy atom. The first-order chi connectivity index (χ1) is 6.22. The molecule has 0 N–H and O–H groups in total. The highest BCUT2D eigenvalue weighted by Gasteiger charge is 2.55. The Hall–Kier alpha value is -0.630. The van der Waals surface area contributed by atoms with E-state index in [4.69, 9.17) is 0 Å². The van der Waals surface area contributed by atoms with Crippen LogP contribution >= 0.6 is 15.9 Å². The van der Waals surface area contributed by atoms with Crippen LogP contribution in [0.25, 0.3) is 0 Å². The Balaban J connectivity index is 2.24. The van der Waals surface area contributed by atoms with Crippen molar-refractivity contribution in [2.24, 2.45) is 0 Å². The molecule has 0 amide bonds. The number of rotatable bonds is 0. The molecule has 2 aliphatic rings. The van der Waals surface area contributed by atoms with Gasteiger partial charge in [0.05, 0.1) is 5.41 Å². The fraction of sp³-hybridized carbons (Fsp3) is 0.364. The fourth-order valence-corrected chi connectivity index (χ4v) is 2.67. The fourth-order valence-electron chi connectivity index (χ4n) is 2.31. The number of hydrogen-bond donors (Lipinski definition) is 0. The van der Waals surface area contributed by atoms with Gasteiger partial charge in [-0.15, -0.1) is 0 Å². The maximum Gasteiger partial charge on any atom is 0.147 e. The third-order valence-corrected chi connectivity index (χ3v) is 3.72. The van der Waals surface area contributed by atoms with Crippen molar-refractivity contribution >= 4 is 21.7 Å². The van der Waals surface area contributed by atoms with Gasteiger partial charge in [0.1, 0.15) is 5.78 Å². The van der Waals surface area contributed by atoms with Gasteiger partial charge in [-0.1, -0.05) is 22.0 Å². The van der Waals surface area contributed by atoms with Gasteiger partial charge in [-0.05, 0) is 36.1 Å². The smallest absolute Gasteiger partial charge is 0.147 e. The largest absolute Gasteiger partial charge is 0.298 e. The first-order valence-corrected chi connectivity index (χ1v) is 5.34. The van der Waals surface area contributed by atoms with Crippen LogP contribution in [0.1, 0.15) is 24.0 Å². The number of carbonyl (C=O) groups is 1. The summed E-state index contributed by atoms with van der Waals surface area (Å²) in [4.78, 5) is 11.7. The number of benzene rings is 1. The van der Waals surface area contributed by atoms with Gasteiger partial charge >= 0.3 is 0 Å². The Labute approximate surface area is 85.3 Å². The third-order valence-electron chi connectivity index (χ3n) is 3.22. The average Bonchev–Trinajstić information content (AvgIpc) is 2.83. The van der Waals surface area contributed by atoms with E-state index in [1.54, 1.807) is 0 Å². The molecule has 1 aromatic carbocycles. The maximum atomic E-state index is 11.7. The van der Waals surface area contributed by atoms with Crippen LogP contribution in [-0.2, 0) is 16.6 Å². The Morgan fingerprint density at radius 3 is 2.77 bits per heavy atom. The van der Waals surface area contributed by atoms with Crippen LogP contribution in [0.2, 0.25) is 0 Å². The van der Waals surface area contributed by atoms with Crippen LogP contribution in [-0.4, -0.2) is 5.78 Å². The van der Waals surface area contributed by atoms with Crippen LogP contribution < -0.4 is 0 Å². The number of carbonyl (C=O) groups excluding carboxylic acids is 1. The predicted molar refractivity (Wildman–Crippen MR) is 53.8 cm³/mol. The number of fused-ring (bicyclic) bond motifs is 2. The van der Waals surface area contributed by atoms with Crippen LogP contribution in [0.5, 0.6) is 0 Å². The predicted octanol–water partition coefficient (Wildman–Crippen LogP) is 2.61. The summed E-state index contributed by atoms with van der Waals surface area (Å²) < 4.78 is 1.09. The van der Waals surface area contributed by atoms with Crippen molar-refractivity contribution < 1.29 is 4.79 Å². The van der Waals surface area contributed by atoms with Crippen LogP contribution in [0, 0.1) is 0 Å². The van der Waals surface area contributed by atoms with E-state index in [1.807, 2.05) is 6.07 Å². The second kappa shape index (κ2) is 2.24. The molecule has 0 radical (unpaired) electrons. The minimum absolute atomic E-state index is 0.0425. The minimum atomic E-state index is -0.0425. The zero-order chi connectivity index (χ0) is 9.05. The van der Waals surface area contributed by atoms with Crippen molar-refractivity contribution in [3.8, 4) is 0 Å². The molecule has 13 heavy (non-hydrogen) atoms. The quantitative estimate of drug-likeness (QED) is 0.677. The average molecular weight is 237 g/mol. The lowest BCUT2D eigenvalue weighted by molar-refractivity contribution is -0.119. The molecule has 2 heteroatoms. The molecule has 0 atom stereocenters. The van der Waals surface area contributed by atoms with Crippen molar-refractivity contribution in [1.29, 1.82) is 0 Å². The SMILES string of the molecule is O=C1Cc2ccc(Br)cc2C12CC2.